The fourth-order valence-electron chi connectivity index (χ4n) is 14.3. The predicted molar refractivity (Wildman–Crippen MR) is 459 cm³/mol. The van der Waals surface area contributed by atoms with E-state index in [0.717, 1.165) is 102 Å². The van der Waals surface area contributed by atoms with E-state index in [9.17, 15) is 20.4 Å². The summed E-state index contributed by atoms with van der Waals surface area (Å²) in [6.45, 7) is 18.6. The maximum absolute atomic E-state index is 10.9. The van der Waals surface area contributed by atoms with Crippen molar-refractivity contribution in [2.75, 3.05) is 32.7 Å². The largest absolute Gasteiger partial charge is 0.387 e. The van der Waals surface area contributed by atoms with Gasteiger partial charge in [0.15, 0.2) is 0 Å². The molecule has 568 valence electrons. The van der Waals surface area contributed by atoms with Gasteiger partial charge in [0.05, 0.1) is 109 Å². The van der Waals surface area contributed by atoms with Gasteiger partial charge in [0.2, 0.25) is 11.2 Å². The third-order valence-corrected chi connectivity index (χ3v) is 22.1. The number of β-amino-alcohol motifs (C(OH)–C–C–N with tert-alkyl or cyclic N) is 2. The summed E-state index contributed by atoms with van der Waals surface area (Å²) >= 11 is 30.5. The topological polar surface area (TPSA) is 161 Å². The Kier molecular flexibility index (Phi) is 25.5. The van der Waals surface area contributed by atoms with E-state index in [0.29, 0.717) is 87.7 Å². The first-order chi connectivity index (χ1) is 54.2. The number of anilines is 4. The van der Waals surface area contributed by atoms with Crippen LogP contribution in [0.5, 0.6) is 0 Å². The van der Waals surface area contributed by atoms with E-state index in [1.165, 1.54) is 16.7 Å². The Morgan fingerprint density at radius 1 is 0.304 bits per heavy atom. The Balaban J connectivity index is 0.000000131. The number of aromatic nitrogens is 4. The molecule has 0 spiro atoms. The van der Waals surface area contributed by atoms with E-state index < -0.39 is 24.4 Å². The molecule has 6 N–H and O–H groups in total. The molecule has 0 amide bonds. The molecule has 0 fully saturated rings. The molecule has 19 heteroatoms. The van der Waals surface area contributed by atoms with Crippen molar-refractivity contribution in [2.24, 2.45) is 0 Å². The van der Waals surface area contributed by atoms with Gasteiger partial charge in [-0.2, -0.15) is 0 Å². The van der Waals surface area contributed by atoms with Crippen LogP contribution in [0.1, 0.15) is 85.6 Å². The van der Waals surface area contributed by atoms with Crippen LogP contribution in [0.15, 0.2) is 316 Å². The van der Waals surface area contributed by atoms with E-state index in [4.69, 9.17) is 68.8 Å². The second-order valence-electron chi connectivity index (χ2n) is 27.9. The first-order valence-electron chi connectivity index (χ1n) is 36.9. The highest BCUT2D eigenvalue weighted by Gasteiger charge is 2.34. The Hall–Kier alpha value is -10.9. The van der Waals surface area contributed by atoms with Gasteiger partial charge in [-0.05, 0) is 161 Å². The Morgan fingerprint density at radius 3 is 1.12 bits per heavy atom. The Bertz CT molecular complexity index is 5770. The van der Waals surface area contributed by atoms with Gasteiger partial charge in [-0.15, -0.1) is 0 Å². The van der Waals surface area contributed by atoms with Crippen molar-refractivity contribution >= 4 is 103 Å². The van der Waals surface area contributed by atoms with Gasteiger partial charge < -0.3 is 58.3 Å². The van der Waals surface area contributed by atoms with Crippen molar-refractivity contribution in [3.05, 3.63) is 414 Å². The number of aryl methyl sites for hydroxylation is 3. The van der Waals surface area contributed by atoms with Crippen LogP contribution in [-0.4, -0.2) is 51.8 Å². The number of aliphatic hydroxyl groups is 4. The minimum Gasteiger partial charge on any atom is -0.387 e. The second kappa shape index (κ2) is 36.1. The summed E-state index contributed by atoms with van der Waals surface area (Å²) < 4.78 is 7.72. The molecule has 12 aromatic carbocycles. The van der Waals surface area contributed by atoms with Crippen LogP contribution in [-0.2, 0) is 39.3 Å². The minimum atomic E-state index is -0.792. The molecular weight excluding hydrogens is 1500 g/mol. The number of imidazole rings is 2. The molecule has 0 saturated heterocycles. The summed E-state index contributed by atoms with van der Waals surface area (Å²) in [6, 6.07) is 94.8. The molecule has 14 nitrogen and oxygen atoms in total. The van der Waals surface area contributed by atoms with Gasteiger partial charge in [0.25, 0.3) is 0 Å². The van der Waals surface area contributed by atoms with E-state index in [1.807, 2.05) is 237 Å². The lowest BCUT2D eigenvalue weighted by molar-refractivity contribution is 0.155. The predicted octanol–water partition coefficient (Wildman–Crippen LogP) is 21.0. The normalized spacial score (nSPS) is 13.4. The summed E-state index contributed by atoms with van der Waals surface area (Å²) in [7, 11) is 0. The highest BCUT2D eigenvalue weighted by atomic mass is 35.5. The number of nitrogens with zero attached hydrogens (tertiary/aromatic N) is 8. The summed E-state index contributed by atoms with van der Waals surface area (Å²) in [5, 5.41) is 63.9. The van der Waals surface area contributed by atoms with Crippen LogP contribution in [0.4, 0.5) is 22.7 Å². The van der Waals surface area contributed by atoms with Crippen molar-refractivity contribution < 1.29 is 20.4 Å². The number of hydrogen-bond acceptors (Lipinski definition) is 10. The summed E-state index contributed by atoms with van der Waals surface area (Å²) in [4.78, 5) is 8.47. The molecule has 0 saturated carbocycles. The van der Waals surface area contributed by atoms with Crippen molar-refractivity contribution in [2.45, 2.75) is 84.5 Å². The van der Waals surface area contributed by atoms with Gasteiger partial charge in [-0.1, -0.05) is 277 Å². The number of halogens is 5. The maximum atomic E-state index is 10.9. The lowest BCUT2D eigenvalue weighted by atomic mass is 10.1. The molecule has 4 unspecified atom stereocenters. The van der Waals surface area contributed by atoms with Gasteiger partial charge in [-0.25, -0.2) is 0 Å². The molecule has 4 heterocycles. The molecular formula is C93H87Cl5N10O4. The van der Waals surface area contributed by atoms with Gasteiger partial charge in [0.1, 0.15) is 11.6 Å². The zero-order valence-electron chi connectivity index (χ0n) is 62.3. The average Bonchev–Trinajstić information content (AvgIpc) is 1.63. The van der Waals surface area contributed by atoms with Crippen LogP contribution >= 0.6 is 58.0 Å². The Morgan fingerprint density at radius 2 is 0.670 bits per heavy atom. The van der Waals surface area contributed by atoms with Crippen LogP contribution < -0.4 is 30.8 Å². The number of benzene rings is 12. The van der Waals surface area contributed by atoms with E-state index in [2.05, 4.69) is 102 Å². The lowest BCUT2D eigenvalue weighted by Gasteiger charge is -2.27. The zero-order valence-corrected chi connectivity index (χ0v) is 66.1. The van der Waals surface area contributed by atoms with Crippen molar-refractivity contribution in [1.29, 1.82) is 10.8 Å². The van der Waals surface area contributed by atoms with Crippen molar-refractivity contribution in [3.63, 3.8) is 0 Å². The third kappa shape index (κ3) is 18.2. The highest BCUT2D eigenvalue weighted by molar-refractivity contribution is 6.35. The van der Waals surface area contributed by atoms with Crippen molar-refractivity contribution in [1.82, 2.24) is 18.3 Å². The molecule has 14 aromatic rings. The molecule has 2 aromatic heterocycles. The van der Waals surface area contributed by atoms with Gasteiger partial charge in [0, 0.05) is 43.8 Å². The summed E-state index contributed by atoms with van der Waals surface area (Å²) in [6.07, 6.45) is -2.81. The van der Waals surface area contributed by atoms with Crippen LogP contribution in [0.25, 0.3) is 22.1 Å². The molecule has 16 rings (SSSR count). The number of fused-ring (bicyclic) bond motifs is 4. The zero-order chi connectivity index (χ0) is 78.7. The highest BCUT2D eigenvalue weighted by Crippen LogP contribution is 2.45. The lowest BCUT2D eigenvalue weighted by Crippen LogP contribution is -2.30. The minimum absolute atomic E-state index is 0.307. The molecule has 0 aliphatic carbocycles. The molecule has 2 aliphatic heterocycles. The first kappa shape index (κ1) is 79.2. The maximum Gasteiger partial charge on any atom is 0.203 e. The summed E-state index contributed by atoms with van der Waals surface area (Å²) in [5.74, 6) is 1.69. The van der Waals surface area contributed by atoms with E-state index in [1.54, 1.807) is 24.3 Å². The molecule has 4 atom stereocenters. The molecule has 0 radical (unpaired) electrons. The fraction of sp³-hybridized carbons (Fsp3) is 0.161. The fourth-order valence-corrected chi connectivity index (χ4v) is 15.2. The van der Waals surface area contributed by atoms with Crippen LogP contribution in [0, 0.1) is 31.6 Å². The van der Waals surface area contributed by atoms with Gasteiger partial charge >= 0.3 is 0 Å². The van der Waals surface area contributed by atoms with Crippen molar-refractivity contribution in [3.8, 4) is 0 Å². The van der Waals surface area contributed by atoms with Crippen LogP contribution in [0.3, 0.4) is 0 Å². The number of nitrogens with one attached hydrogen (secondary N) is 2. The number of hydrogen-bond donors (Lipinski definition) is 6. The first-order valence-corrected chi connectivity index (χ1v) is 38.8. The van der Waals surface area contributed by atoms with Crippen LogP contribution in [0.2, 0.25) is 25.1 Å². The number of aliphatic hydroxyl groups excluding tert-OH is 4. The quantitative estimate of drug-likeness (QED) is 0.0440. The monoisotopic (exact) mass is 1580 g/mol. The molecule has 2 aliphatic rings. The second-order valence-corrected chi connectivity index (χ2v) is 30.0. The molecule has 112 heavy (non-hydrogen) atoms. The van der Waals surface area contributed by atoms with E-state index in [-0.39, 0.29) is 0 Å². The smallest absolute Gasteiger partial charge is 0.203 e. The third-order valence-electron chi connectivity index (χ3n) is 20.4. The SMILES string of the molecule is C=C1N(Cc2ccc(Cl)cc2)c2ccccc2N1CC(O)c1ccc(Cl)cc1Cl.C=C1N(Cc2ccccc2)c2ccccc2N1CC(O)c1ccccc1.Cc1cc(C(O)Cn2c(=N)n(Cc3ccccc3)c3ccccc32)ccc1Cl.Cc1cc(C(O)Cn2c(=N)n(Cc3ccccc3C)c3ccccc32)ccc1Cl. The molecule has 0 bridgehead atoms. The summed E-state index contributed by atoms with van der Waals surface area (Å²) in [5.41, 5.74) is 19.7. The number of para-hydroxylation sites is 8. The van der Waals surface area contributed by atoms with E-state index >= 15 is 0 Å². The Labute approximate surface area is 678 Å². The average molecular weight is 1590 g/mol. The van der Waals surface area contributed by atoms with Gasteiger partial charge in [-0.3, -0.25) is 10.8 Å². The standard InChI is InChI=1S/C24H24ClN3O.C23H19Cl3N2O.C23H22ClN3O.C23H22N2O/c1-16-7-3-4-8-19(16)14-27-21-9-5-6-10-22(21)28(24(27)26)15-23(29)18-11-12-20(25)17(2)13-18;1-15-27(13-16-6-8-17(24)9-7-16)21-4-2-3-5-22(21)28(15)14-23(29)19-11-10-18(25)12-20(19)26;1-16-13-18(11-12-19(16)24)22(28)15-27-21-10-6-5-9-20(21)26(23(27)25)14-17-7-3-2-4-8-17;1-18-24(16-19-10-4-2-5-11-19)21-14-8-9-15-22(21)25(18)17-23(26)20-12-6-3-7-13-20/h3-13,23,26,29H,14-15H2,1-2H3;2-12,23,29H,1,13-14H2;2-13,22,25,28H,14-15H2,1H3;2-15,23,26H,1,16-17H2. The number of rotatable bonds is 20.